The smallest absolute Gasteiger partial charge is 0.408 e. The molecule has 2 atom stereocenters. The van der Waals surface area contributed by atoms with Crippen LogP contribution in [0.2, 0.25) is 0 Å². The number of alkyl carbamates (subject to hydrolysis) is 1. The summed E-state index contributed by atoms with van der Waals surface area (Å²) in [6.45, 7) is 8.03. The van der Waals surface area contributed by atoms with E-state index < -0.39 is 41.2 Å². The van der Waals surface area contributed by atoms with Crippen LogP contribution in [-0.4, -0.2) is 52.9 Å². The lowest BCUT2D eigenvalue weighted by Gasteiger charge is -2.33. The number of hydrogen-bond acceptors (Lipinski definition) is 8. The average Bonchev–Trinajstić information content (AvgIpc) is 3.10. The molecule has 10 nitrogen and oxygen atoms in total. The molecule has 0 spiro atoms. The van der Waals surface area contributed by atoms with E-state index in [0.717, 1.165) is 27.2 Å². The maximum atomic E-state index is 13.9. The third-order valence-corrected chi connectivity index (χ3v) is 7.37. The second-order valence-electron chi connectivity index (χ2n) is 12.0. The lowest BCUT2D eigenvalue weighted by Crippen LogP contribution is -2.57. The molecule has 3 aliphatic rings. The molecule has 1 N–H and O–H groups in total. The minimum atomic E-state index is -1.70. The summed E-state index contributed by atoms with van der Waals surface area (Å²) in [4.78, 5) is 52.5. The molecular weight excluding hydrogens is 564 g/mol. The van der Waals surface area contributed by atoms with Gasteiger partial charge in [-0.15, -0.1) is 0 Å². The van der Waals surface area contributed by atoms with Gasteiger partial charge in [-0.25, -0.2) is 14.5 Å². The van der Waals surface area contributed by atoms with E-state index in [2.05, 4.69) is 5.32 Å². The molecule has 3 amide bonds. The van der Waals surface area contributed by atoms with Crippen LogP contribution in [0, 0.1) is 0 Å². The van der Waals surface area contributed by atoms with Crippen LogP contribution >= 0.6 is 0 Å². The van der Waals surface area contributed by atoms with Gasteiger partial charge >= 0.3 is 12.1 Å². The Hall–Kier alpha value is -4.86. The molecule has 3 heterocycles. The molecule has 1 unspecified atom stereocenters. The number of fused-ring (bicyclic) bond motifs is 4. The van der Waals surface area contributed by atoms with Gasteiger partial charge in [-0.05, 0) is 51.8 Å². The van der Waals surface area contributed by atoms with Crippen LogP contribution in [0.5, 0.6) is 11.5 Å². The third-order valence-electron chi connectivity index (χ3n) is 7.37. The summed E-state index contributed by atoms with van der Waals surface area (Å²) in [5, 5.41) is 2.69. The molecule has 3 aliphatic heterocycles. The van der Waals surface area contributed by atoms with Crippen LogP contribution in [0.1, 0.15) is 53.0 Å². The number of hydrogen-bond donors (Lipinski definition) is 1. The highest BCUT2D eigenvalue weighted by atomic mass is 16.7. The molecular formula is C34H36N2O8. The van der Waals surface area contributed by atoms with Crippen molar-refractivity contribution >= 4 is 23.9 Å². The molecule has 230 valence electrons. The Balaban J connectivity index is 1.59. The van der Waals surface area contributed by atoms with Gasteiger partial charge in [0.05, 0.1) is 0 Å². The van der Waals surface area contributed by atoms with E-state index in [1.807, 2.05) is 60.7 Å². The number of carbonyl (C=O) groups is 4. The molecule has 1 saturated heterocycles. The number of esters is 1. The maximum Gasteiger partial charge on any atom is 0.408 e. The zero-order valence-electron chi connectivity index (χ0n) is 25.5. The molecule has 0 radical (unpaired) electrons. The molecule has 3 aromatic carbocycles. The van der Waals surface area contributed by atoms with Crippen LogP contribution in [0.15, 0.2) is 66.7 Å². The van der Waals surface area contributed by atoms with Crippen molar-refractivity contribution in [3.63, 3.8) is 0 Å². The number of rotatable bonds is 8. The number of benzene rings is 3. The van der Waals surface area contributed by atoms with Crippen LogP contribution in [0.25, 0.3) is 22.3 Å². The SMILES string of the molecule is CC(OC(=O)[C@](C)(Cc1cc2c(-c3ccccc3)c(-c3ccccc3)c1OCO2)NC(=O)OC(C)(C)C)N1C(=O)CCC1=O. The van der Waals surface area contributed by atoms with E-state index in [0.29, 0.717) is 17.1 Å². The van der Waals surface area contributed by atoms with Gasteiger partial charge in [0.1, 0.15) is 22.6 Å². The van der Waals surface area contributed by atoms with Gasteiger partial charge < -0.3 is 24.3 Å². The fraction of sp³-hybridized carbons (Fsp3) is 0.353. The first kappa shape index (κ1) is 30.6. The van der Waals surface area contributed by atoms with Crippen LogP contribution in [-0.2, 0) is 30.3 Å². The van der Waals surface area contributed by atoms with Crippen molar-refractivity contribution in [3.05, 3.63) is 72.3 Å². The molecule has 0 aliphatic carbocycles. The number of ether oxygens (including phenoxy) is 4. The van der Waals surface area contributed by atoms with Crippen molar-refractivity contribution in [2.24, 2.45) is 0 Å². The molecule has 0 saturated carbocycles. The number of nitrogens with one attached hydrogen (secondary N) is 1. The fourth-order valence-corrected chi connectivity index (χ4v) is 5.44. The summed E-state index contributed by atoms with van der Waals surface area (Å²) in [5.74, 6) is -0.682. The fourth-order valence-electron chi connectivity index (χ4n) is 5.44. The summed E-state index contributed by atoms with van der Waals surface area (Å²) in [5.41, 5.74) is 1.43. The van der Waals surface area contributed by atoms with Gasteiger partial charge in [-0.3, -0.25) is 9.59 Å². The first-order chi connectivity index (χ1) is 20.9. The number of imide groups is 1. The Kier molecular flexibility index (Phi) is 8.36. The molecule has 0 aromatic heterocycles. The summed E-state index contributed by atoms with van der Waals surface area (Å²) in [6.07, 6.45) is -1.99. The predicted molar refractivity (Wildman–Crippen MR) is 162 cm³/mol. The Labute approximate surface area is 256 Å². The van der Waals surface area contributed by atoms with Gasteiger partial charge in [0.15, 0.2) is 6.23 Å². The number of amides is 3. The first-order valence-corrected chi connectivity index (χ1v) is 14.5. The van der Waals surface area contributed by atoms with Gasteiger partial charge in [-0.2, -0.15) is 0 Å². The summed E-state index contributed by atoms with van der Waals surface area (Å²) in [7, 11) is 0. The largest absolute Gasteiger partial charge is 0.457 e. The van der Waals surface area contributed by atoms with E-state index in [1.54, 1.807) is 26.8 Å². The molecule has 2 bridgehead atoms. The van der Waals surface area contributed by atoms with E-state index >= 15 is 0 Å². The number of nitrogens with zero attached hydrogens (tertiary/aromatic N) is 1. The van der Waals surface area contributed by atoms with Crippen molar-refractivity contribution in [1.82, 2.24) is 10.2 Å². The highest BCUT2D eigenvalue weighted by molar-refractivity contribution is 6.02. The topological polar surface area (TPSA) is 120 Å². The number of carbonyl (C=O) groups excluding carboxylic acids is 4. The van der Waals surface area contributed by atoms with Gasteiger partial charge in [-0.1, -0.05) is 60.7 Å². The van der Waals surface area contributed by atoms with E-state index in [4.69, 9.17) is 18.9 Å². The average molecular weight is 601 g/mol. The quantitative estimate of drug-likeness (QED) is 0.262. The van der Waals surface area contributed by atoms with Crippen molar-refractivity contribution in [1.29, 1.82) is 0 Å². The van der Waals surface area contributed by atoms with Gasteiger partial charge in [0.2, 0.25) is 18.6 Å². The van der Waals surface area contributed by atoms with E-state index in [-0.39, 0.29) is 26.1 Å². The summed E-state index contributed by atoms with van der Waals surface area (Å²) < 4.78 is 23.4. The minimum absolute atomic E-state index is 0.0493. The lowest BCUT2D eigenvalue weighted by molar-refractivity contribution is -0.170. The molecule has 6 rings (SSSR count). The Morgan fingerprint density at radius 1 is 0.886 bits per heavy atom. The Morgan fingerprint density at radius 3 is 2.02 bits per heavy atom. The lowest BCUT2D eigenvalue weighted by atomic mass is 9.86. The van der Waals surface area contributed by atoms with Crippen molar-refractivity contribution in [2.75, 3.05) is 6.79 Å². The van der Waals surface area contributed by atoms with Gasteiger partial charge in [0.25, 0.3) is 0 Å². The first-order valence-electron chi connectivity index (χ1n) is 14.5. The van der Waals surface area contributed by atoms with Crippen LogP contribution in [0.3, 0.4) is 0 Å². The van der Waals surface area contributed by atoms with Crippen molar-refractivity contribution in [2.45, 2.75) is 71.2 Å². The molecule has 1 fully saturated rings. The van der Waals surface area contributed by atoms with Crippen LogP contribution in [0.4, 0.5) is 4.79 Å². The summed E-state index contributed by atoms with van der Waals surface area (Å²) >= 11 is 0. The second-order valence-corrected chi connectivity index (χ2v) is 12.0. The highest BCUT2D eigenvalue weighted by Gasteiger charge is 2.43. The van der Waals surface area contributed by atoms with Crippen LogP contribution < -0.4 is 14.8 Å². The molecule has 3 aromatic rings. The summed E-state index contributed by atoms with van der Waals surface area (Å²) in [6, 6.07) is 21.3. The van der Waals surface area contributed by atoms with Crippen molar-refractivity contribution < 1.29 is 38.1 Å². The van der Waals surface area contributed by atoms with Gasteiger partial charge in [0, 0.05) is 36.0 Å². The Bertz CT molecular complexity index is 1570. The van der Waals surface area contributed by atoms with Crippen molar-refractivity contribution in [3.8, 4) is 33.8 Å². The molecule has 44 heavy (non-hydrogen) atoms. The van der Waals surface area contributed by atoms with E-state index in [1.165, 1.54) is 13.8 Å². The predicted octanol–water partition coefficient (Wildman–Crippen LogP) is 5.61. The normalized spacial score (nSPS) is 16.3. The second kappa shape index (κ2) is 12.0. The monoisotopic (exact) mass is 600 g/mol. The molecule has 10 heteroatoms. The standard InChI is InChI=1S/C34H36N2O8/c1-21(36-26(37)16-17-27(36)38)43-31(39)34(5,35-32(40)44-33(2,3)4)19-24-18-25-28(22-12-8-6-9-13-22)29(30(24)42-20-41-25)23-14-10-7-11-15-23/h6-15,18,21H,16-17,19-20H2,1-5H3,(H,35,40)/t21?,34-/m0/s1. The van der Waals surface area contributed by atoms with E-state index in [9.17, 15) is 19.2 Å². The number of likely N-dealkylation sites (tertiary alicyclic amines) is 1. The maximum absolute atomic E-state index is 13.9. The third kappa shape index (κ3) is 6.39. The zero-order chi connectivity index (χ0) is 31.6. The highest BCUT2D eigenvalue weighted by Crippen LogP contribution is 2.49. The minimum Gasteiger partial charge on any atom is -0.457 e. The Morgan fingerprint density at radius 2 is 1.45 bits per heavy atom. The zero-order valence-corrected chi connectivity index (χ0v) is 25.5.